The maximum Gasteiger partial charge on any atom is 0.229 e. The normalized spacial score (nSPS) is 13.8. The van der Waals surface area contributed by atoms with Crippen LogP contribution in [-0.4, -0.2) is 24.5 Å². The first kappa shape index (κ1) is 15.9. The van der Waals surface area contributed by atoms with Crippen LogP contribution in [0.15, 0.2) is 55.0 Å². The molecule has 0 bridgehead atoms. The van der Waals surface area contributed by atoms with Gasteiger partial charge in [-0.3, -0.25) is 4.98 Å². The third-order valence-corrected chi connectivity index (χ3v) is 4.70. The zero-order chi connectivity index (χ0) is 18.2. The highest BCUT2D eigenvalue weighted by molar-refractivity contribution is 5.78. The molecule has 1 aliphatic carbocycles. The Morgan fingerprint density at radius 2 is 1.96 bits per heavy atom. The summed E-state index contributed by atoms with van der Waals surface area (Å²) in [7, 11) is 0. The minimum absolute atomic E-state index is 0.446. The van der Waals surface area contributed by atoms with Crippen LogP contribution < -0.4 is 11.1 Å². The van der Waals surface area contributed by atoms with Crippen molar-refractivity contribution in [3.8, 4) is 11.4 Å². The summed E-state index contributed by atoms with van der Waals surface area (Å²) in [4.78, 5) is 18.1. The van der Waals surface area contributed by atoms with Crippen LogP contribution >= 0.6 is 0 Å². The van der Waals surface area contributed by atoms with Gasteiger partial charge in [-0.2, -0.15) is 4.98 Å². The van der Waals surface area contributed by atoms with Crippen LogP contribution in [0.2, 0.25) is 0 Å². The average molecular weight is 357 g/mol. The van der Waals surface area contributed by atoms with Gasteiger partial charge in [0.05, 0.1) is 6.20 Å². The van der Waals surface area contributed by atoms with E-state index >= 15 is 0 Å². The average Bonchev–Trinajstić information content (AvgIpc) is 3.49. The Labute approximate surface area is 156 Å². The molecule has 0 radical (unpaired) electrons. The number of fused-ring (bicyclic) bond motifs is 1. The topological polar surface area (TPSA) is 94.5 Å². The van der Waals surface area contributed by atoms with Crippen LogP contribution in [-0.2, 0) is 6.54 Å². The minimum atomic E-state index is 0.446. The highest BCUT2D eigenvalue weighted by Gasteiger charge is 2.29. The number of rotatable bonds is 5. The van der Waals surface area contributed by atoms with E-state index in [4.69, 9.17) is 15.7 Å². The molecular formula is C20H19N7. The van der Waals surface area contributed by atoms with Gasteiger partial charge in [-0.15, -0.1) is 0 Å². The number of nitrogens with two attached hydrogens (primary N) is 1. The van der Waals surface area contributed by atoms with E-state index in [1.807, 2.05) is 36.4 Å². The molecule has 7 nitrogen and oxygen atoms in total. The van der Waals surface area contributed by atoms with E-state index in [-0.39, 0.29) is 0 Å². The first-order valence-electron chi connectivity index (χ1n) is 9.03. The standard InChI is InChI=1S/C20H19N7/c21-11-13-2-1-3-15(10-13)24-20-23-12-17-19(26-20)27(16-4-5-16)18(25-17)14-6-8-22-9-7-14/h1-3,6-10,12,16H,4-5,11,21H2,(H,23,24,26). The number of hydrogen-bond acceptors (Lipinski definition) is 6. The Hall–Kier alpha value is -3.32. The van der Waals surface area contributed by atoms with Gasteiger partial charge in [-0.05, 0) is 42.7 Å². The van der Waals surface area contributed by atoms with Crippen molar-refractivity contribution in [3.05, 3.63) is 60.6 Å². The molecule has 3 aromatic heterocycles. The van der Waals surface area contributed by atoms with E-state index < -0.39 is 0 Å². The Morgan fingerprint density at radius 3 is 2.74 bits per heavy atom. The van der Waals surface area contributed by atoms with Crippen molar-refractivity contribution >= 4 is 22.8 Å². The summed E-state index contributed by atoms with van der Waals surface area (Å²) >= 11 is 0. The molecule has 0 saturated heterocycles. The van der Waals surface area contributed by atoms with Crippen LogP contribution in [0.25, 0.3) is 22.6 Å². The zero-order valence-electron chi connectivity index (χ0n) is 14.7. The van der Waals surface area contributed by atoms with Crippen LogP contribution in [0, 0.1) is 0 Å². The summed E-state index contributed by atoms with van der Waals surface area (Å²) in [5, 5.41) is 3.28. The summed E-state index contributed by atoms with van der Waals surface area (Å²) in [5.41, 5.74) is 10.4. The molecule has 1 aliphatic rings. The summed E-state index contributed by atoms with van der Waals surface area (Å²) in [6.07, 6.45) is 7.65. The van der Waals surface area contributed by atoms with E-state index in [2.05, 4.69) is 19.9 Å². The largest absolute Gasteiger partial charge is 0.326 e. The summed E-state index contributed by atoms with van der Waals surface area (Å²) in [5.74, 6) is 1.48. The van der Waals surface area contributed by atoms with Gasteiger partial charge in [-0.25, -0.2) is 9.97 Å². The second-order valence-electron chi connectivity index (χ2n) is 6.70. The number of benzene rings is 1. The third-order valence-electron chi connectivity index (χ3n) is 4.70. The Balaban J connectivity index is 1.58. The molecule has 134 valence electrons. The Morgan fingerprint density at radius 1 is 1.11 bits per heavy atom. The quantitative estimate of drug-likeness (QED) is 0.568. The number of aromatic nitrogens is 5. The van der Waals surface area contributed by atoms with Crippen molar-refractivity contribution in [1.29, 1.82) is 0 Å². The molecular weight excluding hydrogens is 338 g/mol. The molecule has 27 heavy (non-hydrogen) atoms. The lowest BCUT2D eigenvalue weighted by molar-refractivity contribution is 0.766. The molecule has 1 saturated carbocycles. The van der Waals surface area contributed by atoms with Crippen molar-refractivity contribution in [1.82, 2.24) is 24.5 Å². The first-order chi connectivity index (χ1) is 13.3. The predicted molar refractivity (Wildman–Crippen MR) is 104 cm³/mol. The minimum Gasteiger partial charge on any atom is -0.326 e. The maximum absolute atomic E-state index is 5.73. The molecule has 7 heteroatoms. The summed E-state index contributed by atoms with van der Waals surface area (Å²) in [6, 6.07) is 12.4. The number of nitrogens with zero attached hydrogens (tertiary/aromatic N) is 5. The monoisotopic (exact) mass is 357 g/mol. The van der Waals surface area contributed by atoms with E-state index in [1.165, 1.54) is 0 Å². The van der Waals surface area contributed by atoms with E-state index in [0.717, 1.165) is 46.6 Å². The van der Waals surface area contributed by atoms with Crippen LogP contribution in [0.3, 0.4) is 0 Å². The van der Waals surface area contributed by atoms with Crippen LogP contribution in [0.4, 0.5) is 11.6 Å². The molecule has 3 N–H and O–H groups in total. The highest BCUT2D eigenvalue weighted by Crippen LogP contribution is 2.40. The molecule has 0 spiro atoms. The van der Waals surface area contributed by atoms with E-state index in [1.54, 1.807) is 18.6 Å². The molecule has 1 aromatic carbocycles. The number of hydrogen-bond donors (Lipinski definition) is 2. The molecule has 3 heterocycles. The van der Waals surface area contributed by atoms with Crippen molar-refractivity contribution < 1.29 is 0 Å². The van der Waals surface area contributed by atoms with E-state index in [9.17, 15) is 0 Å². The van der Waals surface area contributed by atoms with Gasteiger partial charge >= 0.3 is 0 Å². The van der Waals surface area contributed by atoms with Crippen molar-refractivity contribution in [2.75, 3.05) is 5.32 Å². The lowest BCUT2D eigenvalue weighted by atomic mass is 10.2. The number of imidazole rings is 1. The van der Waals surface area contributed by atoms with Crippen LogP contribution in [0.1, 0.15) is 24.4 Å². The molecule has 1 fully saturated rings. The lowest BCUT2D eigenvalue weighted by Crippen LogP contribution is -2.02. The van der Waals surface area contributed by atoms with Gasteiger partial charge in [0.2, 0.25) is 5.95 Å². The molecule has 5 rings (SSSR count). The zero-order valence-corrected chi connectivity index (χ0v) is 14.7. The highest BCUT2D eigenvalue weighted by atomic mass is 15.2. The number of pyridine rings is 1. The predicted octanol–water partition coefficient (Wildman–Crippen LogP) is 3.43. The molecule has 4 aromatic rings. The van der Waals surface area contributed by atoms with Crippen molar-refractivity contribution in [2.45, 2.75) is 25.4 Å². The van der Waals surface area contributed by atoms with Crippen molar-refractivity contribution in [2.24, 2.45) is 5.73 Å². The number of nitrogens with one attached hydrogen (secondary N) is 1. The lowest BCUT2D eigenvalue weighted by Gasteiger charge is -2.08. The molecule has 0 atom stereocenters. The smallest absolute Gasteiger partial charge is 0.229 e. The fourth-order valence-corrected chi connectivity index (χ4v) is 3.24. The summed E-state index contributed by atoms with van der Waals surface area (Å²) in [6.45, 7) is 0.499. The molecule has 0 unspecified atom stereocenters. The van der Waals surface area contributed by atoms with Gasteiger partial charge in [0, 0.05) is 36.2 Å². The van der Waals surface area contributed by atoms with E-state index in [0.29, 0.717) is 18.5 Å². The first-order valence-corrected chi connectivity index (χ1v) is 9.03. The van der Waals surface area contributed by atoms with Gasteiger partial charge in [0.15, 0.2) is 5.65 Å². The fourth-order valence-electron chi connectivity index (χ4n) is 3.24. The Kier molecular flexibility index (Phi) is 3.79. The SMILES string of the molecule is NCc1cccc(Nc2ncc3nc(-c4ccncc4)n(C4CC4)c3n2)c1. The fraction of sp³-hybridized carbons (Fsp3) is 0.200. The van der Waals surface area contributed by atoms with Gasteiger partial charge in [0.1, 0.15) is 11.3 Å². The van der Waals surface area contributed by atoms with Crippen LogP contribution in [0.5, 0.6) is 0 Å². The second kappa shape index (κ2) is 6.44. The molecule has 0 amide bonds. The Bertz CT molecular complexity index is 1100. The molecule has 0 aliphatic heterocycles. The van der Waals surface area contributed by atoms with Crippen molar-refractivity contribution in [3.63, 3.8) is 0 Å². The summed E-state index contributed by atoms with van der Waals surface area (Å²) < 4.78 is 2.23. The maximum atomic E-state index is 5.73. The number of anilines is 2. The second-order valence-corrected chi connectivity index (χ2v) is 6.70. The van der Waals surface area contributed by atoms with Gasteiger partial charge < -0.3 is 15.6 Å². The van der Waals surface area contributed by atoms with Gasteiger partial charge in [-0.1, -0.05) is 12.1 Å². The van der Waals surface area contributed by atoms with Gasteiger partial charge in [0.25, 0.3) is 0 Å². The third kappa shape index (κ3) is 3.02.